The average Bonchev–Trinajstić information content (AvgIpc) is 3.06. The molecule has 2 rings (SSSR count). The molecule has 1 aliphatic rings. The number of carbonyl (C=O) groups is 1. The molecule has 6 heteroatoms. The summed E-state index contributed by atoms with van der Waals surface area (Å²) in [5, 5.41) is 15.8. The molecule has 2 heterocycles. The van der Waals surface area contributed by atoms with E-state index in [1.807, 2.05) is 20.8 Å². The zero-order valence-corrected chi connectivity index (χ0v) is 13.5. The molecule has 1 fully saturated rings. The van der Waals surface area contributed by atoms with Gasteiger partial charge < -0.3 is 15.4 Å². The van der Waals surface area contributed by atoms with E-state index < -0.39 is 0 Å². The second kappa shape index (κ2) is 7.03. The maximum atomic E-state index is 12.0. The fourth-order valence-electron chi connectivity index (χ4n) is 2.40. The van der Waals surface area contributed by atoms with Crippen LogP contribution in [0.5, 0.6) is 0 Å². The molecule has 21 heavy (non-hydrogen) atoms. The summed E-state index contributed by atoms with van der Waals surface area (Å²) in [6.07, 6.45) is 2.32. The number of hydrogen-bond donors (Lipinski definition) is 2. The number of nitrogens with zero attached hydrogens (tertiary/aromatic N) is 1. The third-order valence-corrected chi connectivity index (χ3v) is 4.98. The Kier molecular flexibility index (Phi) is 5.34. The molecule has 5 nitrogen and oxygen atoms in total. The fourth-order valence-corrected chi connectivity index (χ4v) is 3.43. The molecule has 1 amide bonds. The first-order valence-electron chi connectivity index (χ1n) is 7.18. The lowest BCUT2D eigenvalue weighted by Gasteiger charge is -2.19. The summed E-state index contributed by atoms with van der Waals surface area (Å²) in [6.45, 7) is 6.92. The summed E-state index contributed by atoms with van der Waals surface area (Å²) in [5.41, 5.74) is 1.51. The Hall–Kier alpha value is -1.42. The van der Waals surface area contributed by atoms with Crippen LogP contribution in [0.25, 0.3) is 0 Å². The van der Waals surface area contributed by atoms with Gasteiger partial charge in [-0.05, 0) is 39.2 Å². The minimum absolute atomic E-state index is 0.127. The van der Waals surface area contributed by atoms with E-state index in [0.717, 1.165) is 29.9 Å². The van der Waals surface area contributed by atoms with Gasteiger partial charge in [0, 0.05) is 17.5 Å². The van der Waals surface area contributed by atoms with Crippen LogP contribution >= 0.6 is 11.3 Å². The van der Waals surface area contributed by atoms with Crippen LogP contribution in [-0.2, 0) is 9.53 Å². The van der Waals surface area contributed by atoms with E-state index in [1.165, 1.54) is 11.3 Å². The highest BCUT2D eigenvalue weighted by Gasteiger charge is 2.22. The summed E-state index contributed by atoms with van der Waals surface area (Å²) in [5.74, 6) is -0.127. The molecular weight excluding hydrogens is 286 g/mol. The number of nitrogens with one attached hydrogen (secondary N) is 2. The number of aryl methyl sites for hydroxylation is 1. The summed E-state index contributed by atoms with van der Waals surface area (Å²) < 4.78 is 5.59. The van der Waals surface area contributed by atoms with Gasteiger partial charge in [-0.25, -0.2) is 0 Å². The number of thiophene rings is 1. The largest absolute Gasteiger partial charge is 0.377 e. The second-order valence-electron chi connectivity index (χ2n) is 5.37. The van der Waals surface area contributed by atoms with E-state index in [-0.39, 0.29) is 24.6 Å². The van der Waals surface area contributed by atoms with Crippen LogP contribution < -0.4 is 10.6 Å². The average molecular weight is 307 g/mol. The SMILES string of the molecule is Cc1sc(NC(=O)CN[C@@H](C)[C@@H]2CCCO2)c(C#N)c1C. The van der Waals surface area contributed by atoms with Crippen LogP contribution in [0.4, 0.5) is 5.00 Å². The Morgan fingerprint density at radius 2 is 2.33 bits per heavy atom. The van der Waals surface area contributed by atoms with Crippen molar-refractivity contribution in [2.75, 3.05) is 18.5 Å². The van der Waals surface area contributed by atoms with Crippen LogP contribution in [0.15, 0.2) is 0 Å². The molecule has 0 aliphatic carbocycles. The zero-order valence-electron chi connectivity index (χ0n) is 12.7. The third kappa shape index (κ3) is 3.82. The maximum Gasteiger partial charge on any atom is 0.238 e. The Labute approximate surface area is 129 Å². The quantitative estimate of drug-likeness (QED) is 0.875. The molecule has 0 unspecified atom stereocenters. The van der Waals surface area contributed by atoms with Gasteiger partial charge >= 0.3 is 0 Å². The van der Waals surface area contributed by atoms with Gasteiger partial charge in [-0.1, -0.05) is 0 Å². The van der Waals surface area contributed by atoms with E-state index in [9.17, 15) is 4.79 Å². The Morgan fingerprint density at radius 1 is 1.57 bits per heavy atom. The molecule has 114 valence electrons. The van der Waals surface area contributed by atoms with Gasteiger partial charge in [0.1, 0.15) is 11.1 Å². The first-order chi connectivity index (χ1) is 10.0. The van der Waals surface area contributed by atoms with Crippen molar-refractivity contribution in [2.45, 2.75) is 45.8 Å². The minimum atomic E-state index is -0.127. The van der Waals surface area contributed by atoms with E-state index in [0.29, 0.717) is 10.6 Å². The van der Waals surface area contributed by atoms with Crippen molar-refractivity contribution in [1.82, 2.24) is 5.32 Å². The minimum Gasteiger partial charge on any atom is -0.377 e. The molecule has 1 aromatic rings. The normalized spacial score (nSPS) is 19.2. The lowest BCUT2D eigenvalue weighted by Crippen LogP contribution is -2.41. The highest BCUT2D eigenvalue weighted by Crippen LogP contribution is 2.31. The second-order valence-corrected chi connectivity index (χ2v) is 6.59. The molecular formula is C15H21N3O2S. The maximum absolute atomic E-state index is 12.0. The summed E-state index contributed by atoms with van der Waals surface area (Å²) in [4.78, 5) is 13.1. The molecule has 1 aliphatic heterocycles. The topological polar surface area (TPSA) is 74.2 Å². The number of hydrogen-bond acceptors (Lipinski definition) is 5. The van der Waals surface area contributed by atoms with Crippen molar-refractivity contribution in [3.8, 4) is 6.07 Å². The molecule has 0 spiro atoms. The van der Waals surface area contributed by atoms with Gasteiger partial charge in [0.05, 0.1) is 18.2 Å². The lowest BCUT2D eigenvalue weighted by molar-refractivity contribution is -0.115. The number of ether oxygens (including phenoxy) is 1. The van der Waals surface area contributed by atoms with E-state index in [2.05, 4.69) is 16.7 Å². The summed E-state index contributed by atoms with van der Waals surface area (Å²) in [7, 11) is 0. The molecule has 0 aromatic carbocycles. The van der Waals surface area contributed by atoms with Crippen LogP contribution in [0.3, 0.4) is 0 Å². The molecule has 0 bridgehead atoms. The number of amides is 1. The summed E-state index contributed by atoms with van der Waals surface area (Å²) in [6, 6.07) is 2.31. The molecule has 0 saturated carbocycles. The number of anilines is 1. The van der Waals surface area contributed by atoms with Gasteiger partial charge in [0.25, 0.3) is 0 Å². The highest BCUT2D eigenvalue weighted by molar-refractivity contribution is 7.16. The molecule has 1 saturated heterocycles. The van der Waals surface area contributed by atoms with E-state index in [1.54, 1.807) is 0 Å². The van der Waals surface area contributed by atoms with Gasteiger partial charge in [-0.3, -0.25) is 4.79 Å². The Morgan fingerprint density at radius 3 is 2.95 bits per heavy atom. The van der Waals surface area contributed by atoms with Gasteiger partial charge in [0.2, 0.25) is 5.91 Å². The number of carbonyl (C=O) groups excluding carboxylic acids is 1. The standard InChI is InChI=1S/C15H21N3O2S/c1-9-11(3)21-15(12(9)7-16)18-14(19)8-17-10(2)13-5-4-6-20-13/h10,13,17H,4-6,8H2,1-3H3,(H,18,19)/t10-,13-/m0/s1. The molecule has 2 N–H and O–H groups in total. The van der Waals surface area contributed by atoms with Gasteiger partial charge in [0.15, 0.2) is 0 Å². The third-order valence-electron chi connectivity index (χ3n) is 3.86. The first-order valence-corrected chi connectivity index (χ1v) is 7.99. The van der Waals surface area contributed by atoms with E-state index >= 15 is 0 Å². The zero-order chi connectivity index (χ0) is 15.4. The molecule has 1 aromatic heterocycles. The van der Waals surface area contributed by atoms with Crippen LogP contribution in [0, 0.1) is 25.2 Å². The van der Waals surface area contributed by atoms with Crippen molar-refractivity contribution in [3.63, 3.8) is 0 Å². The fraction of sp³-hybridized carbons (Fsp3) is 0.600. The van der Waals surface area contributed by atoms with Crippen LogP contribution in [0.2, 0.25) is 0 Å². The smallest absolute Gasteiger partial charge is 0.238 e. The van der Waals surface area contributed by atoms with Crippen molar-refractivity contribution in [2.24, 2.45) is 0 Å². The van der Waals surface area contributed by atoms with E-state index in [4.69, 9.17) is 10.00 Å². The highest BCUT2D eigenvalue weighted by atomic mass is 32.1. The monoisotopic (exact) mass is 307 g/mol. The predicted molar refractivity (Wildman–Crippen MR) is 83.6 cm³/mol. The Bertz CT molecular complexity index is 556. The lowest BCUT2D eigenvalue weighted by atomic mass is 10.1. The van der Waals surface area contributed by atoms with Gasteiger partial charge in [-0.2, -0.15) is 5.26 Å². The molecule has 0 radical (unpaired) electrons. The van der Waals surface area contributed by atoms with Crippen molar-refractivity contribution in [3.05, 3.63) is 16.0 Å². The first kappa shape index (κ1) is 16.0. The van der Waals surface area contributed by atoms with Crippen molar-refractivity contribution >= 4 is 22.2 Å². The predicted octanol–water partition coefficient (Wildman–Crippen LogP) is 2.33. The van der Waals surface area contributed by atoms with Crippen LogP contribution in [0.1, 0.15) is 35.8 Å². The number of rotatable bonds is 5. The van der Waals surface area contributed by atoms with Crippen molar-refractivity contribution in [1.29, 1.82) is 5.26 Å². The van der Waals surface area contributed by atoms with Gasteiger partial charge in [-0.15, -0.1) is 11.3 Å². The number of nitriles is 1. The molecule has 2 atom stereocenters. The summed E-state index contributed by atoms with van der Waals surface area (Å²) >= 11 is 1.45. The Balaban J connectivity index is 1.87. The van der Waals surface area contributed by atoms with Crippen molar-refractivity contribution < 1.29 is 9.53 Å². The van der Waals surface area contributed by atoms with Crippen LogP contribution in [-0.4, -0.2) is 31.2 Å².